The molecule has 1 saturated carbocycles. The van der Waals surface area contributed by atoms with Gasteiger partial charge in [-0.1, -0.05) is 13.8 Å². The zero-order valence-corrected chi connectivity index (χ0v) is 12.7. The molecular formula is C13H20N2OS2. The molecule has 2 rings (SSSR count). The third-order valence-electron chi connectivity index (χ3n) is 3.10. The van der Waals surface area contributed by atoms with Crippen LogP contribution in [0.5, 0.6) is 0 Å². The summed E-state index contributed by atoms with van der Waals surface area (Å²) in [5.41, 5.74) is 6.76. The summed E-state index contributed by atoms with van der Waals surface area (Å²) in [6.07, 6.45) is 4.64. The van der Waals surface area contributed by atoms with Gasteiger partial charge in [0.2, 0.25) is 0 Å². The Morgan fingerprint density at radius 2 is 2.22 bits per heavy atom. The SMILES string of the molecule is CSc1c(NCC2CC2)sc(C(=O)C(C)C)c1N. The van der Waals surface area contributed by atoms with Crippen LogP contribution in [0, 0.1) is 11.8 Å². The summed E-state index contributed by atoms with van der Waals surface area (Å²) in [4.78, 5) is 13.8. The van der Waals surface area contributed by atoms with E-state index in [1.165, 1.54) is 24.2 Å². The van der Waals surface area contributed by atoms with Crippen LogP contribution >= 0.6 is 23.1 Å². The van der Waals surface area contributed by atoms with E-state index in [1.807, 2.05) is 20.1 Å². The molecule has 0 spiro atoms. The van der Waals surface area contributed by atoms with Crippen LogP contribution in [0.25, 0.3) is 0 Å². The van der Waals surface area contributed by atoms with Crippen LogP contribution in [0.3, 0.4) is 0 Å². The molecule has 0 radical (unpaired) electrons. The summed E-state index contributed by atoms with van der Waals surface area (Å²) in [6.45, 7) is 4.83. The second kappa shape index (κ2) is 5.53. The number of anilines is 2. The van der Waals surface area contributed by atoms with E-state index in [-0.39, 0.29) is 11.7 Å². The van der Waals surface area contributed by atoms with Crippen molar-refractivity contribution in [3.8, 4) is 0 Å². The molecule has 5 heteroatoms. The van der Waals surface area contributed by atoms with Crippen molar-refractivity contribution < 1.29 is 4.79 Å². The molecule has 0 atom stereocenters. The van der Waals surface area contributed by atoms with Gasteiger partial charge in [-0.25, -0.2) is 0 Å². The molecule has 18 heavy (non-hydrogen) atoms. The first-order chi connectivity index (χ1) is 8.54. The van der Waals surface area contributed by atoms with E-state index in [2.05, 4.69) is 5.32 Å². The van der Waals surface area contributed by atoms with E-state index < -0.39 is 0 Å². The highest BCUT2D eigenvalue weighted by molar-refractivity contribution is 7.99. The summed E-state index contributed by atoms with van der Waals surface area (Å²) in [5, 5.41) is 4.51. The molecule has 0 saturated heterocycles. The van der Waals surface area contributed by atoms with Gasteiger partial charge in [-0.3, -0.25) is 4.79 Å². The number of nitrogens with two attached hydrogens (primary N) is 1. The fourth-order valence-corrected chi connectivity index (χ4v) is 3.88. The van der Waals surface area contributed by atoms with Crippen LogP contribution in [0.2, 0.25) is 0 Å². The Labute approximate surface area is 117 Å². The van der Waals surface area contributed by atoms with E-state index in [9.17, 15) is 4.79 Å². The number of ketones is 1. The third kappa shape index (κ3) is 2.83. The number of carbonyl (C=O) groups is 1. The standard InChI is InChI=1S/C13H20N2OS2/c1-7(2)10(16)11-9(14)12(17-3)13(18-11)15-6-8-4-5-8/h7-8,15H,4-6,14H2,1-3H3. The Morgan fingerprint density at radius 3 is 2.72 bits per heavy atom. The zero-order chi connectivity index (χ0) is 13.3. The molecule has 1 aromatic rings. The van der Waals surface area contributed by atoms with Crippen molar-refractivity contribution in [3.05, 3.63) is 4.88 Å². The minimum Gasteiger partial charge on any atom is -0.396 e. The number of nitrogen functional groups attached to an aromatic ring is 1. The maximum Gasteiger partial charge on any atom is 0.177 e. The normalized spacial score (nSPS) is 15.1. The Morgan fingerprint density at radius 1 is 1.56 bits per heavy atom. The first-order valence-corrected chi connectivity index (χ1v) is 8.33. The molecule has 1 aromatic heterocycles. The largest absolute Gasteiger partial charge is 0.396 e. The fraction of sp³-hybridized carbons (Fsp3) is 0.615. The van der Waals surface area contributed by atoms with Crippen LogP contribution in [-0.2, 0) is 0 Å². The van der Waals surface area contributed by atoms with Crippen LogP contribution in [0.1, 0.15) is 36.4 Å². The summed E-state index contributed by atoms with van der Waals surface area (Å²) >= 11 is 3.13. The average molecular weight is 284 g/mol. The van der Waals surface area contributed by atoms with Crippen molar-refractivity contribution in [2.45, 2.75) is 31.6 Å². The molecule has 1 fully saturated rings. The van der Waals surface area contributed by atoms with Gasteiger partial charge in [0.1, 0.15) is 5.00 Å². The Hall–Kier alpha value is -0.680. The van der Waals surface area contributed by atoms with E-state index in [0.717, 1.165) is 22.4 Å². The second-order valence-electron chi connectivity index (χ2n) is 5.05. The van der Waals surface area contributed by atoms with E-state index in [0.29, 0.717) is 10.6 Å². The molecule has 100 valence electrons. The molecule has 1 aliphatic carbocycles. The third-order valence-corrected chi connectivity index (χ3v) is 5.24. The number of nitrogens with one attached hydrogen (secondary N) is 1. The molecule has 0 amide bonds. The van der Waals surface area contributed by atoms with Crippen LogP contribution < -0.4 is 11.1 Å². The molecule has 3 N–H and O–H groups in total. The van der Waals surface area contributed by atoms with E-state index in [4.69, 9.17) is 5.73 Å². The van der Waals surface area contributed by atoms with Crippen molar-refractivity contribution >= 4 is 39.6 Å². The van der Waals surface area contributed by atoms with Gasteiger partial charge in [-0.05, 0) is 25.0 Å². The summed E-state index contributed by atoms with van der Waals surface area (Å²) in [5.74, 6) is 0.955. The fourth-order valence-electron chi connectivity index (χ4n) is 1.75. The molecule has 3 nitrogen and oxygen atoms in total. The van der Waals surface area contributed by atoms with Crippen LogP contribution in [-0.4, -0.2) is 18.6 Å². The lowest BCUT2D eigenvalue weighted by Gasteiger charge is -2.04. The van der Waals surface area contributed by atoms with Crippen molar-refractivity contribution in [1.82, 2.24) is 0 Å². The van der Waals surface area contributed by atoms with E-state index >= 15 is 0 Å². The number of hydrogen-bond donors (Lipinski definition) is 2. The lowest BCUT2D eigenvalue weighted by atomic mass is 10.1. The molecule has 0 aromatic carbocycles. The maximum atomic E-state index is 12.1. The lowest BCUT2D eigenvalue weighted by Crippen LogP contribution is -2.07. The van der Waals surface area contributed by atoms with Crippen LogP contribution in [0.15, 0.2) is 4.90 Å². The number of Topliss-reactive ketones (excluding diaryl/α,β-unsaturated/α-hetero) is 1. The first kappa shape index (κ1) is 13.7. The predicted molar refractivity (Wildman–Crippen MR) is 80.9 cm³/mol. The van der Waals surface area contributed by atoms with Gasteiger partial charge >= 0.3 is 0 Å². The van der Waals surface area contributed by atoms with Gasteiger partial charge in [0.05, 0.1) is 15.5 Å². The Kier molecular flexibility index (Phi) is 4.22. The summed E-state index contributed by atoms with van der Waals surface area (Å²) in [7, 11) is 0. The number of thiophene rings is 1. The Bertz CT molecular complexity index is 450. The minimum absolute atomic E-state index is 0.00283. The molecule has 0 unspecified atom stereocenters. The Balaban J connectivity index is 2.22. The first-order valence-electron chi connectivity index (χ1n) is 6.29. The lowest BCUT2D eigenvalue weighted by molar-refractivity contribution is 0.0944. The number of thioether (sulfide) groups is 1. The quantitative estimate of drug-likeness (QED) is 0.617. The van der Waals surface area contributed by atoms with E-state index in [1.54, 1.807) is 11.8 Å². The highest BCUT2D eigenvalue weighted by Crippen LogP contribution is 2.43. The molecule has 0 aliphatic heterocycles. The van der Waals surface area contributed by atoms with Gasteiger partial charge < -0.3 is 11.1 Å². The smallest absolute Gasteiger partial charge is 0.177 e. The van der Waals surface area contributed by atoms with Gasteiger partial charge in [0, 0.05) is 12.5 Å². The van der Waals surface area contributed by atoms with Gasteiger partial charge in [-0.15, -0.1) is 23.1 Å². The number of hydrogen-bond acceptors (Lipinski definition) is 5. The van der Waals surface area contributed by atoms with Crippen molar-refractivity contribution in [2.24, 2.45) is 11.8 Å². The van der Waals surface area contributed by atoms with Crippen molar-refractivity contribution in [3.63, 3.8) is 0 Å². The topological polar surface area (TPSA) is 55.1 Å². The predicted octanol–water partition coefficient (Wildman–Crippen LogP) is 3.71. The van der Waals surface area contributed by atoms with Crippen molar-refractivity contribution in [2.75, 3.05) is 23.9 Å². The summed E-state index contributed by atoms with van der Waals surface area (Å²) < 4.78 is 0. The van der Waals surface area contributed by atoms with Crippen LogP contribution in [0.4, 0.5) is 10.7 Å². The number of rotatable bonds is 6. The highest BCUT2D eigenvalue weighted by Gasteiger charge is 2.25. The summed E-state index contributed by atoms with van der Waals surface area (Å²) in [6, 6.07) is 0. The molecule has 1 aliphatic rings. The average Bonchev–Trinajstić information content (AvgIpc) is 3.10. The second-order valence-corrected chi connectivity index (χ2v) is 6.89. The maximum absolute atomic E-state index is 12.1. The molecule has 1 heterocycles. The minimum atomic E-state index is -0.00283. The van der Waals surface area contributed by atoms with Gasteiger partial charge in [0.15, 0.2) is 5.78 Å². The monoisotopic (exact) mass is 284 g/mol. The molecule has 0 bridgehead atoms. The zero-order valence-electron chi connectivity index (χ0n) is 11.1. The highest BCUT2D eigenvalue weighted by atomic mass is 32.2. The van der Waals surface area contributed by atoms with Crippen molar-refractivity contribution in [1.29, 1.82) is 0 Å². The molecular weight excluding hydrogens is 264 g/mol. The van der Waals surface area contributed by atoms with Gasteiger partial charge in [0.25, 0.3) is 0 Å². The number of carbonyl (C=O) groups excluding carboxylic acids is 1. The van der Waals surface area contributed by atoms with Gasteiger partial charge in [-0.2, -0.15) is 0 Å².